The molecule has 0 aliphatic rings. The second kappa shape index (κ2) is 3.86. The Balaban J connectivity index is 2.06. The molecule has 3 aromatic rings. The van der Waals surface area contributed by atoms with E-state index in [0.717, 1.165) is 22.2 Å². The van der Waals surface area contributed by atoms with Crippen LogP contribution in [-0.4, -0.2) is 27.0 Å². The average Bonchev–Trinajstić information content (AvgIpc) is 2.86. The van der Waals surface area contributed by atoms with Crippen molar-refractivity contribution >= 4 is 11.0 Å². The van der Waals surface area contributed by atoms with Crippen LogP contribution in [0.5, 0.6) is 6.01 Å². The number of rotatable bonds is 2. The van der Waals surface area contributed by atoms with Crippen LogP contribution < -0.4 is 4.74 Å². The third-order valence-electron chi connectivity index (χ3n) is 2.54. The SMILES string of the molecule is COc1ncc(-c2cnc3[nH]ccc3c2)cn1. The minimum absolute atomic E-state index is 0.365. The first-order valence-electron chi connectivity index (χ1n) is 5.16. The Morgan fingerprint density at radius 1 is 1.06 bits per heavy atom. The summed E-state index contributed by atoms with van der Waals surface area (Å²) >= 11 is 0. The standard InChI is InChI=1S/C12H10N4O/c1-17-12-15-6-10(7-16-12)9-4-8-2-3-13-11(8)14-5-9/h2-7H,1H3,(H,13,14). The highest BCUT2D eigenvalue weighted by Gasteiger charge is 2.03. The fourth-order valence-corrected chi connectivity index (χ4v) is 1.67. The van der Waals surface area contributed by atoms with Crippen molar-refractivity contribution in [3.05, 3.63) is 36.9 Å². The number of aromatic amines is 1. The maximum atomic E-state index is 4.92. The van der Waals surface area contributed by atoms with Gasteiger partial charge in [-0.1, -0.05) is 0 Å². The molecule has 0 saturated heterocycles. The molecule has 5 nitrogen and oxygen atoms in total. The van der Waals surface area contributed by atoms with Gasteiger partial charge in [-0.15, -0.1) is 0 Å². The number of hydrogen-bond acceptors (Lipinski definition) is 4. The minimum Gasteiger partial charge on any atom is -0.467 e. The second-order valence-electron chi connectivity index (χ2n) is 3.60. The number of ether oxygens (including phenoxy) is 1. The van der Waals surface area contributed by atoms with Gasteiger partial charge in [-0.3, -0.25) is 0 Å². The maximum Gasteiger partial charge on any atom is 0.316 e. The Labute approximate surface area is 97.5 Å². The number of nitrogens with one attached hydrogen (secondary N) is 1. The maximum absolute atomic E-state index is 4.92. The van der Waals surface area contributed by atoms with Gasteiger partial charge in [-0.05, 0) is 12.1 Å². The van der Waals surface area contributed by atoms with E-state index in [-0.39, 0.29) is 0 Å². The summed E-state index contributed by atoms with van der Waals surface area (Å²) in [4.78, 5) is 15.5. The molecular weight excluding hydrogens is 216 g/mol. The van der Waals surface area contributed by atoms with Gasteiger partial charge in [-0.25, -0.2) is 15.0 Å². The van der Waals surface area contributed by atoms with Crippen LogP contribution in [0.1, 0.15) is 0 Å². The molecule has 0 bridgehead atoms. The van der Waals surface area contributed by atoms with Gasteiger partial charge in [0.15, 0.2) is 0 Å². The summed E-state index contributed by atoms with van der Waals surface area (Å²) in [6.07, 6.45) is 7.11. The molecule has 84 valence electrons. The quantitative estimate of drug-likeness (QED) is 0.726. The number of H-pyrrole nitrogens is 1. The largest absolute Gasteiger partial charge is 0.467 e. The number of nitrogens with zero attached hydrogens (tertiary/aromatic N) is 3. The highest BCUT2D eigenvalue weighted by molar-refractivity contribution is 5.80. The highest BCUT2D eigenvalue weighted by atomic mass is 16.5. The van der Waals surface area contributed by atoms with E-state index in [1.165, 1.54) is 0 Å². The molecule has 5 heteroatoms. The first-order chi connectivity index (χ1) is 8.36. The molecule has 3 rings (SSSR count). The second-order valence-corrected chi connectivity index (χ2v) is 3.60. The highest BCUT2D eigenvalue weighted by Crippen LogP contribution is 2.21. The molecular formula is C12H10N4O. The molecule has 0 saturated carbocycles. The summed E-state index contributed by atoms with van der Waals surface area (Å²) < 4.78 is 4.92. The first-order valence-corrected chi connectivity index (χ1v) is 5.16. The monoisotopic (exact) mass is 226 g/mol. The molecule has 17 heavy (non-hydrogen) atoms. The Morgan fingerprint density at radius 2 is 1.82 bits per heavy atom. The topological polar surface area (TPSA) is 63.7 Å². The van der Waals surface area contributed by atoms with Crippen molar-refractivity contribution in [1.82, 2.24) is 19.9 Å². The van der Waals surface area contributed by atoms with Crippen LogP contribution >= 0.6 is 0 Å². The van der Waals surface area contributed by atoms with Gasteiger partial charge in [0, 0.05) is 41.3 Å². The lowest BCUT2D eigenvalue weighted by Gasteiger charge is -2.01. The van der Waals surface area contributed by atoms with Crippen molar-refractivity contribution in [1.29, 1.82) is 0 Å². The summed E-state index contributed by atoms with van der Waals surface area (Å²) in [5.41, 5.74) is 2.78. The zero-order valence-corrected chi connectivity index (χ0v) is 9.21. The average molecular weight is 226 g/mol. The van der Waals surface area contributed by atoms with E-state index in [1.54, 1.807) is 25.7 Å². The molecule has 0 atom stereocenters. The van der Waals surface area contributed by atoms with Gasteiger partial charge >= 0.3 is 6.01 Å². The summed E-state index contributed by atoms with van der Waals surface area (Å²) in [7, 11) is 1.54. The fourth-order valence-electron chi connectivity index (χ4n) is 1.67. The zero-order chi connectivity index (χ0) is 11.7. The van der Waals surface area contributed by atoms with Crippen LogP contribution in [0.3, 0.4) is 0 Å². The molecule has 1 N–H and O–H groups in total. The smallest absolute Gasteiger partial charge is 0.316 e. The third kappa shape index (κ3) is 1.71. The summed E-state index contributed by atoms with van der Waals surface area (Å²) in [5, 5.41) is 1.07. The molecule has 0 radical (unpaired) electrons. The summed E-state index contributed by atoms with van der Waals surface area (Å²) in [6, 6.07) is 4.39. The predicted octanol–water partition coefficient (Wildman–Crippen LogP) is 2.03. The molecule has 0 aliphatic carbocycles. The summed E-state index contributed by atoms with van der Waals surface area (Å²) in [6.45, 7) is 0. The molecule has 0 unspecified atom stereocenters. The van der Waals surface area contributed by atoms with Crippen molar-refractivity contribution in [3.8, 4) is 17.1 Å². The van der Waals surface area contributed by atoms with Crippen molar-refractivity contribution in [2.45, 2.75) is 0 Å². The van der Waals surface area contributed by atoms with Crippen LogP contribution in [0.15, 0.2) is 36.9 Å². The number of methoxy groups -OCH3 is 1. The minimum atomic E-state index is 0.365. The van der Waals surface area contributed by atoms with Crippen LogP contribution in [0.2, 0.25) is 0 Å². The fraction of sp³-hybridized carbons (Fsp3) is 0.0833. The van der Waals surface area contributed by atoms with E-state index in [1.807, 2.05) is 18.3 Å². The molecule has 0 amide bonds. The first kappa shape index (κ1) is 9.77. The Kier molecular flexibility index (Phi) is 2.22. The van der Waals surface area contributed by atoms with Gasteiger partial charge in [0.1, 0.15) is 5.65 Å². The molecule has 0 fully saturated rings. The van der Waals surface area contributed by atoms with Gasteiger partial charge in [0.2, 0.25) is 0 Å². The predicted molar refractivity (Wildman–Crippen MR) is 63.7 cm³/mol. The number of hydrogen-bond donors (Lipinski definition) is 1. The van der Waals surface area contributed by atoms with E-state index < -0.39 is 0 Å². The van der Waals surface area contributed by atoms with Crippen molar-refractivity contribution < 1.29 is 4.74 Å². The lowest BCUT2D eigenvalue weighted by atomic mass is 10.1. The van der Waals surface area contributed by atoms with E-state index in [4.69, 9.17) is 4.74 Å². The van der Waals surface area contributed by atoms with Crippen molar-refractivity contribution in [2.24, 2.45) is 0 Å². The van der Waals surface area contributed by atoms with Gasteiger partial charge in [0.25, 0.3) is 0 Å². The van der Waals surface area contributed by atoms with Crippen molar-refractivity contribution in [2.75, 3.05) is 7.11 Å². The van der Waals surface area contributed by atoms with Crippen LogP contribution in [-0.2, 0) is 0 Å². The molecule has 3 heterocycles. The van der Waals surface area contributed by atoms with E-state index >= 15 is 0 Å². The summed E-state index contributed by atoms with van der Waals surface area (Å²) in [5.74, 6) is 0. The molecule has 0 spiro atoms. The van der Waals surface area contributed by atoms with Gasteiger partial charge < -0.3 is 9.72 Å². The van der Waals surface area contributed by atoms with E-state index in [0.29, 0.717) is 6.01 Å². The molecule has 0 aliphatic heterocycles. The number of aromatic nitrogens is 4. The molecule has 0 aromatic carbocycles. The van der Waals surface area contributed by atoms with Crippen LogP contribution in [0.4, 0.5) is 0 Å². The van der Waals surface area contributed by atoms with Crippen molar-refractivity contribution in [3.63, 3.8) is 0 Å². The van der Waals surface area contributed by atoms with Crippen LogP contribution in [0, 0.1) is 0 Å². The van der Waals surface area contributed by atoms with E-state index in [9.17, 15) is 0 Å². The Hall–Kier alpha value is -2.43. The zero-order valence-electron chi connectivity index (χ0n) is 9.21. The lowest BCUT2D eigenvalue weighted by Crippen LogP contribution is -1.91. The van der Waals surface area contributed by atoms with Gasteiger partial charge in [-0.2, -0.15) is 0 Å². The lowest BCUT2D eigenvalue weighted by molar-refractivity contribution is 0.380. The Bertz CT molecular complexity index is 645. The van der Waals surface area contributed by atoms with Gasteiger partial charge in [0.05, 0.1) is 7.11 Å². The normalized spacial score (nSPS) is 10.6. The number of fused-ring (bicyclic) bond motifs is 1. The Morgan fingerprint density at radius 3 is 2.59 bits per heavy atom. The number of pyridine rings is 1. The third-order valence-corrected chi connectivity index (χ3v) is 2.54. The van der Waals surface area contributed by atoms with Crippen LogP contribution in [0.25, 0.3) is 22.2 Å². The molecule has 3 aromatic heterocycles. The van der Waals surface area contributed by atoms with E-state index in [2.05, 4.69) is 19.9 Å².